The van der Waals surface area contributed by atoms with Gasteiger partial charge in [-0.1, -0.05) is 297 Å². The average Bonchev–Trinajstić information content (AvgIpc) is 1.41. The monoisotopic (exact) mass is 1460 g/mol. The Bertz CT molecular complexity index is 6470. The maximum absolute atomic E-state index is 2.65. The molecule has 113 heavy (non-hydrogen) atoms. The molecular formula is C108H99BN4. The summed E-state index contributed by atoms with van der Waals surface area (Å²) in [5.74, 6) is 0. The minimum Gasteiger partial charge on any atom is -0.311 e. The topological polar surface area (TPSA) is 16.3 Å². The summed E-state index contributed by atoms with van der Waals surface area (Å²) in [5.41, 5.74) is 38.3. The third-order valence-electron chi connectivity index (χ3n) is 26.8. The van der Waals surface area contributed by atoms with Crippen LogP contribution in [0.15, 0.2) is 297 Å². The van der Waals surface area contributed by atoms with Gasteiger partial charge in [0.15, 0.2) is 0 Å². The van der Waals surface area contributed by atoms with Crippen molar-refractivity contribution in [1.29, 1.82) is 0 Å². The second-order valence-corrected chi connectivity index (χ2v) is 37.9. The van der Waals surface area contributed by atoms with Crippen molar-refractivity contribution in [3.8, 4) is 67.0 Å². The van der Waals surface area contributed by atoms with Crippen LogP contribution in [0.3, 0.4) is 0 Å². The van der Waals surface area contributed by atoms with Gasteiger partial charge in [0.2, 0.25) is 0 Å². The van der Waals surface area contributed by atoms with Gasteiger partial charge in [-0.3, -0.25) is 0 Å². The Hall–Kier alpha value is -11.7. The first kappa shape index (κ1) is 70.5. The van der Waals surface area contributed by atoms with Gasteiger partial charge in [-0.2, -0.15) is 0 Å². The highest BCUT2D eigenvalue weighted by Crippen LogP contribution is 2.53. The van der Waals surface area contributed by atoms with E-state index >= 15 is 0 Å². The number of aromatic nitrogens is 2. The van der Waals surface area contributed by atoms with Crippen molar-refractivity contribution in [2.45, 2.75) is 155 Å². The highest BCUT2D eigenvalue weighted by Gasteiger charge is 2.46. The molecule has 0 fully saturated rings. The number of fused-ring (bicyclic) bond motifs is 12. The molecule has 0 bridgehead atoms. The van der Waals surface area contributed by atoms with Crippen LogP contribution in [-0.4, -0.2) is 15.8 Å². The maximum atomic E-state index is 2.65. The van der Waals surface area contributed by atoms with Gasteiger partial charge in [-0.25, -0.2) is 0 Å². The second-order valence-electron chi connectivity index (χ2n) is 37.9. The van der Waals surface area contributed by atoms with Crippen molar-refractivity contribution in [3.05, 3.63) is 331 Å². The Kier molecular flexibility index (Phi) is 15.9. The SMILES string of the molecule is CC(C)(C)c1cccc(-c2ccc3c(c2)N(c2ccc(-c4ccc5c(c4)C(C)(C)CCC5(C)C)cc2)c2cc(-n4c5ccc(-c6ccccc6)cc5c5cc(-c6ccccc6)ccc54)cc4c2B3c2ccc(-n3c5ccccc5c5cc(C(C)(C)C)ccc53)cc2N4c2ccc(-c3ccc4c(c3)C(C)(C)CCC4(C)C)cc2)c1. The Morgan fingerprint density at radius 1 is 0.248 bits per heavy atom. The van der Waals surface area contributed by atoms with Crippen LogP contribution in [0, 0.1) is 0 Å². The lowest BCUT2D eigenvalue weighted by molar-refractivity contribution is 0.332. The zero-order valence-electron chi connectivity index (χ0n) is 68.0. The van der Waals surface area contributed by atoms with Crippen LogP contribution < -0.4 is 26.2 Å². The van der Waals surface area contributed by atoms with Crippen LogP contribution in [0.5, 0.6) is 0 Å². The van der Waals surface area contributed by atoms with Crippen LogP contribution >= 0.6 is 0 Å². The van der Waals surface area contributed by atoms with Crippen molar-refractivity contribution in [2.24, 2.45) is 0 Å². The summed E-state index contributed by atoms with van der Waals surface area (Å²) in [4.78, 5) is 5.30. The molecule has 0 spiro atoms. The lowest BCUT2D eigenvalue weighted by Crippen LogP contribution is -2.61. The normalized spacial score (nSPS) is 15.8. The van der Waals surface area contributed by atoms with Gasteiger partial charge in [-0.05, 0) is 261 Å². The molecule has 0 saturated heterocycles. The van der Waals surface area contributed by atoms with Gasteiger partial charge >= 0.3 is 0 Å². The fraction of sp³-hybridized carbons (Fsp3) is 0.222. The first-order valence-corrected chi connectivity index (χ1v) is 41.1. The van der Waals surface area contributed by atoms with E-state index in [4.69, 9.17) is 0 Å². The number of anilines is 6. The molecule has 4 aliphatic rings. The molecule has 2 aliphatic heterocycles. The minimum absolute atomic E-state index is 0.0308. The highest BCUT2D eigenvalue weighted by molar-refractivity contribution is 7.00. The van der Waals surface area contributed by atoms with Crippen LogP contribution in [0.1, 0.15) is 156 Å². The molecule has 4 nitrogen and oxygen atoms in total. The van der Waals surface area contributed by atoms with Crippen molar-refractivity contribution < 1.29 is 0 Å². The summed E-state index contributed by atoms with van der Waals surface area (Å²) in [6.45, 7) is 33.3. The van der Waals surface area contributed by atoms with Crippen molar-refractivity contribution >= 4 is 101 Å². The molecule has 2 aromatic heterocycles. The van der Waals surface area contributed by atoms with Crippen LogP contribution in [0.25, 0.3) is 111 Å². The summed E-state index contributed by atoms with van der Waals surface area (Å²) in [6, 6.07) is 116. The van der Waals surface area contributed by atoms with Crippen LogP contribution in [0.2, 0.25) is 0 Å². The summed E-state index contributed by atoms with van der Waals surface area (Å²) in [7, 11) is 0. The van der Waals surface area contributed by atoms with Gasteiger partial charge in [0.25, 0.3) is 6.71 Å². The molecule has 16 aromatic rings. The molecule has 0 radical (unpaired) electrons. The smallest absolute Gasteiger partial charge is 0.252 e. The Balaban J connectivity index is 0.881. The predicted octanol–water partition coefficient (Wildman–Crippen LogP) is 27.6. The van der Waals surface area contributed by atoms with E-state index in [1.54, 1.807) is 0 Å². The van der Waals surface area contributed by atoms with E-state index in [9.17, 15) is 0 Å². The van der Waals surface area contributed by atoms with Crippen molar-refractivity contribution in [3.63, 3.8) is 0 Å². The predicted molar refractivity (Wildman–Crippen MR) is 484 cm³/mol. The van der Waals surface area contributed by atoms with E-state index in [1.165, 1.54) is 157 Å². The first-order chi connectivity index (χ1) is 54.2. The third-order valence-corrected chi connectivity index (χ3v) is 26.8. The molecule has 0 atom stereocenters. The zero-order valence-corrected chi connectivity index (χ0v) is 68.0. The average molecular weight is 1460 g/mol. The molecule has 4 heterocycles. The molecule has 554 valence electrons. The maximum Gasteiger partial charge on any atom is 0.252 e. The molecule has 14 aromatic carbocycles. The van der Waals surface area contributed by atoms with E-state index in [0.717, 1.165) is 63.7 Å². The van der Waals surface area contributed by atoms with E-state index in [-0.39, 0.29) is 39.2 Å². The largest absolute Gasteiger partial charge is 0.311 e. The molecule has 20 rings (SSSR count). The first-order valence-electron chi connectivity index (χ1n) is 41.1. The number of nitrogens with zero attached hydrogens (tertiary/aromatic N) is 4. The lowest BCUT2D eigenvalue weighted by atomic mass is 9.33. The fourth-order valence-corrected chi connectivity index (χ4v) is 19.9. The highest BCUT2D eigenvalue weighted by atomic mass is 15.2. The number of para-hydroxylation sites is 1. The minimum atomic E-state index is -0.187. The Morgan fingerprint density at radius 3 is 1.12 bits per heavy atom. The van der Waals surface area contributed by atoms with E-state index in [0.29, 0.717) is 0 Å². The van der Waals surface area contributed by atoms with Crippen molar-refractivity contribution in [1.82, 2.24) is 9.13 Å². The standard InChI is InChI=1S/C108H99BN4/c1-103(2,3)78-29-23-28-72(58-78)77-38-49-92-98(63-77)110(80-42-32-70(33-43-80)75-36-47-88-90(61-75)107(11,12)56-54-105(88,7)8)100-66-83(113-95-51-39-73(68-24-17-15-18-25-68)59-85(95)86-60-74(40-52-96(86)113)69-26-19-16-20-27-69)67-101-102(100)109(92)93-50-46-82(112-94-31-22-21-30-84(94)87-64-79(104(4,5)6)41-53-97(87)112)65-99(93)111(101)81-44-34-71(35-45-81)76-37-48-89-91(62-76)108(13,14)57-55-106(89,9)10/h15-53,58-67H,54-57H2,1-14H3. The van der Waals surface area contributed by atoms with Gasteiger partial charge in [0, 0.05) is 61.4 Å². The molecule has 0 amide bonds. The van der Waals surface area contributed by atoms with E-state index in [2.05, 4.69) is 413 Å². The molecule has 0 saturated carbocycles. The van der Waals surface area contributed by atoms with Gasteiger partial charge in [0.05, 0.1) is 27.8 Å². The third kappa shape index (κ3) is 11.5. The molecule has 0 N–H and O–H groups in total. The van der Waals surface area contributed by atoms with Gasteiger partial charge in [0.1, 0.15) is 0 Å². The Morgan fingerprint density at radius 2 is 0.602 bits per heavy atom. The van der Waals surface area contributed by atoms with E-state index < -0.39 is 0 Å². The zero-order chi connectivity index (χ0) is 77.6. The number of benzene rings is 14. The van der Waals surface area contributed by atoms with Gasteiger partial charge < -0.3 is 18.9 Å². The summed E-state index contributed by atoms with van der Waals surface area (Å²) in [6.07, 6.45) is 4.68. The molecule has 5 heteroatoms. The summed E-state index contributed by atoms with van der Waals surface area (Å²) < 4.78 is 5.12. The van der Waals surface area contributed by atoms with E-state index in [1.807, 2.05) is 0 Å². The molecule has 2 aliphatic carbocycles. The molecular weight excluding hydrogens is 1360 g/mol. The quantitative estimate of drug-likeness (QED) is 0.134. The number of hydrogen-bond acceptors (Lipinski definition) is 2. The summed E-state index contributed by atoms with van der Waals surface area (Å²) >= 11 is 0. The van der Waals surface area contributed by atoms with Crippen LogP contribution in [0.4, 0.5) is 34.1 Å². The second kappa shape index (κ2) is 25.4. The van der Waals surface area contributed by atoms with Crippen LogP contribution in [-0.2, 0) is 32.5 Å². The Labute approximate surface area is 668 Å². The molecule has 0 unspecified atom stereocenters. The number of hydrogen-bond donors (Lipinski definition) is 0. The number of rotatable bonds is 9. The lowest BCUT2D eigenvalue weighted by Gasteiger charge is -2.44. The van der Waals surface area contributed by atoms with Crippen molar-refractivity contribution in [2.75, 3.05) is 9.80 Å². The summed E-state index contributed by atoms with van der Waals surface area (Å²) in [5, 5.41) is 4.92. The van der Waals surface area contributed by atoms with Gasteiger partial charge in [-0.15, -0.1) is 0 Å². The fourth-order valence-electron chi connectivity index (χ4n) is 19.9.